The lowest BCUT2D eigenvalue weighted by molar-refractivity contribution is -0.122. The van der Waals surface area contributed by atoms with Crippen LogP contribution in [0.1, 0.15) is 60.0 Å². The molecule has 2 aromatic heterocycles. The lowest BCUT2D eigenvalue weighted by Crippen LogP contribution is -2.37. The van der Waals surface area contributed by atoms with Gasteiger partial charge < -0.3 is 15.6 Å². The number of hydrogen-bond acceptors (Lipinski definition) is 4. The molecule has 1 aromatic carbocycles. The van der Waals surface area contributed by atoms with Crippen molar-refractivity contribution in [1.29, 1.82) is 0 Å². The predicted molar refractivity (Wildman–Crippen MR) is 123 cm³/mol. The van der Waals surface area contributed by atoms with Crippen LogP contribution in [0.25, 0.3) is 11.0 Å². The molecule has 0 spiro atoms. The van der Waals surface area contributed by atoms with Gasteiger partial charge in [-0.25, -0.2) is 4.98 Å². The van der Waals surface area contributed by atoms with E-state index in [0.717, 1.165) is 41.8 Å². The summed E-state index contributed by atoms with van der Waals surface area (Å²) in [7, 11) is 1.79. The number of nitrogens with zero attached hydrogens (tertiary/aromatic N) is 3. The molecule has 2 saturated carbocycles. The fraction of sp³-hybridized carbons (Fsp3) is 0.520. The Hall–Kier alpha value is -3.16. The van der Waals surface area contributed by atoms with E-state index in [1.54, 1.807) is 24.0 Å². The predicted octanol–water partition coefficient (Wildman–Crippen LogP) is 2.88. The third-order valence-corrected chi connectivity index (χ3v) is 7.56. The summed E-state index contributed by atoms with van der Waals surface area (Å²) in [5.41, 5.74) is 3.55. The zero-order valence-corrected chi connectivity index (χ0v) is 18.9. The van der Waals surface area contributed by atoms with Crippen molar-refractivity contribution in [3.05, 3.63) is 47.5 Å². The van der Waals surface area contributed by atoms with Crippen molar-refractivity contribution < 1.29 is 9.59 Å². The summed E-state index contributed by atoms with van der Waals surface area (Å²) >= 11 is 0. The van der Waals surface area contributed by atoms with E-state index in [9.17, 15) is 9.59 Å². The van der Waals surface area contributed by atoms with Crippen LogP contribution in [0.2, 0.25) is 0 Å². The highest BCUT2D eigenvalue weighted by Crippen LogP contribution is 2.54. The molecule has 2 unspecified atom stereocenters. The molecule has 172 valence electrons. The summed E-state index contributed by atoms with van der Waals surface area (Å²) in [6.45, 7) is 0.766. The fourth-order valence-electron chi connectivity index (χ4n) is 5.53. The zero-order chi connectivity index (χ0) is 22.5. The van der Waals surface area contributed by atoms with Gasteiger partial charge in [0, 0.05) is 25.7 Å². The van der Waals surface area contributed by atoms with E-state index in [-0.39, 0.29) is 23.8 Å². The highest BCUT2D eigenvalue weighted by Gasteiger charge is 2.47. The summed E-state index contributed by atoms with van der Waals surface area (Å²) < 4.78 is 1.61. The summed E-state index contributed by atoms with van der Waals surface area (Å²) in [4.78, 5) is 33.6. The number of H-pyrrole nitrogens is 1. The molecule has 3 N–H and O–H groups in total. The second-order valence-corrected chi connectivity index (χ2v) is 10.00. The molecule has 0 bridgehead atoms. The second-order valence-electron chi connectivity index (χ2n) is 10.00. The van der Waals surface area contributed by atoms with E-state index in [1.807, 2.05) is 6.07 Å². The van der Waals surface area contributed by atoms with Crippen molar-refractivity contribution in [2.24, 2.45) is 30.7 Å². The first-order valence-corrected chi connectivity index (χ1v) is 12.1. The number of imidazole rings is 1. The molecule has 6 rings (SSSR count). The maximum absolute atomic E-state index is 13.1. The van der Waals surface area contributed by atoms with Crippen LogP contribution in [0.15, 0.2) is 30.5 Å². The Kier molecular flexibility index (Phi) is 4.96. The number of fused-ring (bicyclic) bond motifs is 1. The highest BCUT2D eigenvalue weighted by atomic mass is 16.2. The van der Waals surface area contributed by atoms with Crippen LogP contribution in [0, 0.1) is 23.7 Å². The number of carbonyl (C=O) groups is 2. The first-order valence-electron chi connectivity index (χ1n) is 12.1. The van der Waals surface area contributed by atoms with Gasteiger partial charge in [-0.05, 0) is 80.0 Å². The van der Waals surface area contributed by atoms with Gasteiger partial charge in [-0.3, -0.25) is 14.3 Å². The number of carbonyl (C=O) groups excluding carboxylic acids is 2. The van der Waals surface area contributed by atoms with Crippen LogP contribution in [-0.2, 0) is 18.3 Å². The number of rotatable bonds is 8. The molecule has 1 saturated heterocycles. The average Bonchev–Trinajstić information content (AvgIpc) is 3.70. The largest absolute Gasteiger partial charge is 0.356 e. The third-order valence-electron chi connectivity index (χ3n) is 7.56. The average molecular weight is 447 g/mol. The normalized spacial score (nSPS) is 21.5. The second kappa shape index (κ2) is 8.01. The van der Waals surface area contributed by atoms with E-state index in [4.69, 9.17) is 4.98 Å². The number of amides is 2. The quantitative estimate of drug-likeness (QED) is 0.495. The molecule has 3 aliphatic rings. The van der Waals surface area contributed by atoms with Crippen molar-refractivity contribution in [2.45, 2.75) is 44.6 Å². The number of aromatic nitrogens is 4. The SMILES string of the molecule is Cn1nccc1C(=O)NC(c1nc2ccc(CC3CCNC3=O)cc2[nH]1)C(C1CC1)C1CC1. The number of benzene rings is 1. The molecule has 1 aliphatic heterocycles. The van der Waals surface area contributed by atoms with Gasteiger partial charge >= 0.3 is 0 Å². The van der Waals surface area contributed by atoms with Gasteiger partial charge in [-0.2, -0.15) is 5.10 Å². The van der Waals surface area contributed by atoms with Crippen molar-refractivity contribution in [1.82, 2.24) is 30.4 Å². The first kappa shape index (κ1) is 20.4. The minimum atomic E-state index is -0.149. The van der Waals surface area contributed by atoms with E-state index >= 15 is 0 Å². The third kappa shape index (κ3) is 4.03. The van der Waals surface area contributed by atoms with Gasteiger partial charge in [0.1, 0.15) is 11.5 Å². The van der Waals surface area contributed by atoms with Gasteiger partial charge in [0.05, 0.1) is 17.1 Å². The van der Waals surface area contributed by atoms with Crippen molar-refractivity contribution in [3.8, 4) is 0 Å². The Bertz CT molecular complexity index is 1190. The van der Waals surface area contributed by atoms with Crippen molar-refractivity contribution >= 4 is 22.8 Å². The van der Waals surface area contributed by atoms with Crippen LogP contribution >= 0.6 is 0 Å². The number of nitrogens with one attached hydrogen (secondary N) is 3. The van der Waals surface area contributed by atoms with E-state index in [0.29, 0.717) is 23.4 Å². The van der Waals surface area contributed by atoms with Crippen LogP contribution in [0.3, 0.4) is 0 Å². The summed E-state index contributed by atoms with van der Waals surface area (Å²) in [5, 5.41) is 10.4. The topological polar surface area (TPSA) is 105 Å². The van der Waals surface area contributed by atoms with Crippen LogP contribution in [0.5, 0.6) is 0 Å². The molecule has 0 radical (unpaired) electrons. The van der Waals surface area contributed by atoms with Crippen molar-refractivity contribution in [2.75, 3.05) is 6.54 Å². The van der Waals surface area contributed by atoms with Gasteiger partial charge in [0.2, 0.25) is 5.91 Å². The molecule has 33 heavy (non-hydrogen) atoms. The minimum absolute atomic E-state index is 0.0462. The summed E-state index contributed by atoms with van der Waals surface area (Å²) in [5.74, 6) is 2.63. The van der Waals surface area contributed by atoms with E-state index < -0.39 is 0 Å². The fourth-order valence-corrected chi connectivity index (χ4v) is 5.53. The maximum atomic E-state index is 13.1. The van der Waals surface area contributed by atoms with Crippen LogP contribution < -0.4 is 10.6 Å². The lowest BCUT2D eigenvalue weighted by Gasteiger charge is -2.27. The Morgan fingerprint density at radius 1 is 1.18 bits per heavy atom. The Morgan fingerprint density at radius 3 is 2.61 bits per heavy atom. The van der Waals surface area contributed by atoms with Gasteiger partial charge in [-0.1, -0.05) is 6.07 Å². The van der Waals surface area contributed by atoms with Crippen LogP contribution in [-0.4, -0.2) is 38.1 Å². The van der Waals surface area contributed by atoms with Gasteiger partial charge in [0.15, 0.2) is 0 Å². The summed E-state index contributed by atoms with van der Waals surface area (Å²) in [6, 6.07) is 7.81. The molecule has 3 aromatic rings. The molecule has 3 heterocycles. The molecular formula is C25H30N6O2. The lowest BCUT2D eigenvalue weighted by atomic mass is 9.88. The Labute approximate surface area is 192 Å². The zero-order valence-electron chi connectivity index (χ0n) is 18.9. The maximum Gasteiger partial charge on any atom is 0.270 e. The summed E-state index contributed by atoms with van der Waals surface area (Å²) in [6.07, 6.45) is 8.19. The van der Waals surface area contributed by atoms with Crippen LogP contribution in [0.4, 0.5) is 0 Å². The standard InChI is InChI=1S/C25H30N6O2/c1-31-20(9-11-27-31)25(33)30-22(21(15-3-4-15)16-5-6-16)23-28-18-7-2-14(13-19(18)29-23)12-17-8-10-26-24(17)32/h2,7,9,11,13,15-17,21-22H,3-6,8,10,12H2,1H3,(H,26,32)(H,28,29)(H,30,33). The molecule has 2 atom stereocenters. The van der Waals surface area contributed by atoms with Crippen molar-refractivity contribution in [3.63, 3.8) is 0 Å². The molecular weight excluding hydrogens is 416 g/mol. The Morgan fingerprint density at radius 2 is 1.97 bits per heavy atom. The number of hydrogen-bond donors (Lipinski definition) is 3. The smallest absolute Gasteiger partial charge is 0.270 e. The molecule has 2 aliphatic carbocycles. The molecule has 8 nitrogen and oxygen atoms in total. The molecule has 8 heteroatoms. The Balaban J connectivity index is 1.31. The first-order chi connectivity index (χ1) is 16.1. The number of aryl methyl sites for hydroxylation is 1. The van der Waals surface area contributed by atoms with Gasteiger partial charge in [-0.15, -0.1) is 0 Å². The minimum Gasteiger partial charge on any atom is -0.356 e. The number of aromatic amines is 1. The molecule has 2 amide bonds. The highest BCUT2D eigenvalue weighted by molar-refractivity contribution is 5.92. The monoisotopic (exact) mass is 446 g/mol. The molecule has 3 fully saturated rings. The van der Waals surface area contributed by atoms with E-state index in [2.05, 4.69) is 32.8 Å². The van der Waals surface area contributed by atoms with E-state index in [1.165, 1.54) is 25.7 Å². The van der Waals surface area contributed by atoms with Gasteiger partial charge in [0.25, 0.3) is 5.91 Å².